The molecular weight excluding hydrogens is 304 g/mol. The molecule has 0 bridgehead atoms. The van der Waals surface area contributed by atoms with Crippen LogP contribution in [0.3, 0.4) is 0 Å². The van der Waals surface area contributed by atoms with Crippen LogP contribution in [-0.4, -0.2) is 19.3 Å². The molecule has 0 amide bonds. The van der Waals surface area contributed by atoms with Crippen LogP contribution in [0.1, 0.15) is 32.4 Å². The van der Waals surface area contributed by atoms with Crippen LogP contribution in [0, 0.1) is 13.8 Å². The average molecular weight is 320 g/mol. The van der Waals surface area contributed by atoms with Crippen molar-refractivity contribution in [2.45, 2.75) is 39.5 Å². The molecule has 21 heavy (non-hydrogen) atoms. The van der Waals surface area contributed by atoms with Gasteiger partial charge in [-0.3, -0.25) is 0 Å². The predicted molar refractivity (Wildman–Crippen MR) is 82.8 cm³/mol. The molecule has 3 aromatic heterocycles. The minimum atomic E-state index is 0.720. The van der Waals surface area contributed by atoms with Crippen molar-refractivity contribution in [1.82, 2.24) is 19.3 Å². The van der Waals surface area contributed by atoms with Gasteiger partial charge in [0.2, 0.25) is 0 Å². The lowest BCUT2D eigenvalue weighted by molar-refractivity contribution is 0.474. The first-order chi connectivity index (χ1) is 10.2. The normalized spacial score (nSPS) is 11.1. The topological polar surface area (TPSA) is 64.7 Å². The standard InChI is InChI=1S/C14H16N4OS2/c1-9-17-14(21-18-9)6-4-12-8-16-13(20-12)5-3-11-7-15-10(2)19-11/h7-8H,3-6H2,1-2H3. The van der Waals surface area contributed by atoms with Crippen LogP contribution in [0.15, 0.2) is 16.8 Å². The maximum absolute atomic E-state index is 5.47. The van der Waals surface area contributed by atoms with Crippen molar-refractivity contribution >= 4 is 22.9 Å². The minimum Gasteiger partial charge on any atom is -0.446 e. The molecule has 0 saturated heterocycles. The highest BCUT2D eigenvalue weighted by molar-refractivity contribution is 7.11. The number of oxazole rings is 1. The van der Waals surface area contributed by atoms with Crippen LogP contribution in [0.4, 0.5) is 0 Å². The Morgan fingerprint density at radius 3 is 2.57 bits per heavy atom. The van der Waals surface area contributed by atoms with Crippen molar-refractivity contribution in [2.75, 3.05) is 0 Å². The largest absolute Gasteiger partial charge is 0.446 e. The summed E-state index contributed by atoms with van der Waals surface area (Å²) >= 11 is 3.26. The van der Waals surface area contributed by atoms with Gasteiger partial charge in [-0.25, -0.2) is 15.0 Å². The first-order valence-electron chi connectivity index (χ1n) is 6.83. The molecule has 0 fully saturated rings. The zero-order valence-electron chi connectivity index (χ0n) is 12.0. The molecule has 0 spiro atoms. The van der Waals surface area contributed by atoms with E-state index in [0.29, 0.717) is 0 Å². The summed E-state index contributed by atoms with van der Waals surface area (Å²) in [6, 6.07) is 0. The molecule has 5 nitrogen and oxygen atoms in total. The van der Waals surface area contributed by atoms with Gasteiger partial charge in [0.05, 0.1) is 11.2 Å². The van der Waals surface area contributed by atoms with Gasteiger partial charge in [-0.2, -0.15) is 4.37 Å². The highest BCUT2D eigenvalue weighted by atomic mass is 32.1. The van der Waals surface area contributed by atoms with Crippen LogP contribution in [0.2, 0.25) is 0 Å². The number of aromatic nitrogens is 4. The molecule has 3 heterocycles. The van der Waals surface area contributed by atoms with Crippen LogP contribution in [0.5, 0.6) is 0 Å². The van der Waals surface area contributed by atoms with Gasteiger partial charge in [-0.15, -0.1) is 11.3 Å². The molecule has 0 radical (unpaired) electrons. The Bertz CT molecular complexity index is 657. The third kappa shape index (κ3) is 3.95. The summed E-state index contributed by atoms with van der Waals surface area (Å²) in [6.07, 6.45) is 7.43. The molecule has 0 unspecified atom stereocenters. The van der Waals surface area contributed by atoms with Crippen LogP contribution in [-0.2, 0) is 25.7 Å². The molecule has 0 aliphatic heterocycles. The van der Waals surface area contributed by atoms with Gasteiger partial charge < -0.3 is 4.42 Å². The van der Waals surface area contributed by atoms with Crippen molar-refractivity contribution in [1.29, 1.82) is 0 Å². The van der Waals surface area contributed by atoms with Crippen molar-refractivity contribution in [3.63, 3.8) is 0 Å². The molecule has 3 aromatic rings. The van der Waals surface area contributed by atoms with E-state index in [2.05, 4.69) is 19.3 Å². The Kier molecular flexibility index (Phi) is 4.40. The lowest BCUT2D eigenvalue weighted by atomic mass is 10.3. The lowest BCUT2D eigenvalue weighted by Crippen LogP contribution is -1.88. The van der Waals surface area contributed by atoms with Crippen molar-refractivity contribution in [3.8, 4) is 0 Å². The van der Waals surface area contributed by atoms with E-state index in [0.717, 1.165) is 53.2 Å². The Morgan fingerprint density at radius 2 is 1.86 bits per heavy atom. The summed E-state index contributed by atoms with van der Waals surface area (Å²) in [5, 5.41) is 2.24. The van der Waals surface area contributed by atoms with E-state index in [-0.39, 0.29) is 0 Å². The van der Waals surface area contributed by atoms with E-state index >= 15 is 0 Å². The molecule has 7 heteroatoms. The number of nitrogens with zero attached hydrogens (tertiary/aromatic N) is 4. The molecular formula is C14H16N4OS2. The quantitative estimate of drug-likeness (QED) is 0.698. The third-order valence-corrected chi connectivity index (χ3v) is 4.99. The number of hydrogen-bond donors (Lipinski definition) is 0. The van der Waals surface area contributed by atoms with E-state index in [9.17, 15) is 0 Å². The Labute approximate surface area is 131 Å². The van der Waals surface area contributed by atoms with Crippen molar-refractivity contribution < 1.29 is 4.42 Å². The molecule has 110 valence electrons. The molecule has 0 aromatic carbocycles. The van der Waals surface area contributed by atoms with Crippen LogP contribution in [0.25, 0.3) is 0 Å². The average Bonchev–Trinajstić information content (AvgIpc) is 3.16. The summed E-state index contributed by atoms with van der Waals surface area (Å²) < 4.78 is 9.67. The second-order valence-corrected chi connectivity index (χ2v) is 6.84. The summed E-state index contributed by atoms with van der Waals surface area (Å²) in [4.78, 5) is 14.3. The number of rotatable bonds is 6. The van der Waals surface area contributed by atoms with Gasteiger partial charge in [0.25, 0.3) is 0 Å². The maximum atomic E-state index is 5.47. The number of hydrogen-bond acceptors (Lipinski definition) is 7. The van der Waals surface area contributed by atoms with E-state index in [1.54, 1.807) is 17.5 Å². The fraction of sp³-hybridized carbons (Fsp3) is 0.429. The first kappa shape index (κ1) is 14.3. The highest BCUT2D eigenvalue weighted by Crippen LogP contribution is 2.18. The highest BCUT2D eigenvalue weighted by Gasteiger charge is 2.07. The summed E-state index contributed by atoms with van der Waals surface area (Å²) in [5.74, 6) is 2.51. The zero-order chi connectivity index (χ0) is 14.7. The van der Waals surface area contributed by atoms with Gasteiger partial charge in [0.15, 0.2) is 5.89 Å². The van der Waals surface area contributed by atoms with E-state index in [1.165, 1.54) is 16.4 Å². The molecule has 3 rings (SSSR count). The van der Waals surface area contributed by atoms with Crippen LogP contribution < -0.4 is 0 Å². The Morgan fingerprint density at radius 1 is 1.00 bits per heavy atom. The fourth-order valence-corrected chi connectivity index (χ4v) is 3.57. The monoisotopic (exact) mass is 320 g/mol. The molecule has 0 atom stereocenters. The second kappa shape index (κ2) is 6.44. The number of thiazole rings is 1. The van der Waals surface area contributed by atoms with E-state index in [1.807, 2.05) is 20.0 Å². The summed E-state index contributed by atoms with van der Waals surface area (Å²) in [7, 11) is 0. The predicted octanol–water partition coefficient (Wildman–Crippen LogP) is 3.17. The smallest absolute Gasteiger partial charge is 0.191 e. The number of aryl methyl sites for hydroxylation is 6. The van der Waals surface area contributed by atoms with Gasteiger partial charge >= 0.3 is 0 Å². The van der Waals surface area contributed by atoms with Gasteiger partial charge in [-0.1, -0.05) is 0 Å². The minimum absolute atomic E-state index is 0.720. The van der Waals surface area contributed by atoms with Crippen LogP contribution >= 0.6 is 22.9 Å². The SMILES string of the molecule is Cc1nsc(CCc2cnc(CCc3cnc(C)o3)s2)n1. The Balaban J connectivity index is 1.51. The zero-order valence-corrected chi connectivity index (χ0v) is 13.6. The molecule has 0 aliphatic carbocycles. The van der Waals surface area contributed by atoms with E-state index < -0.39 is 0 Å². The van der Waals surface area contributed by atoms with Gasteiger partial charge in [0.1, 0.15) is 16.6 Å². The first-order valence-corrected chi connectivity index (χ1v) is 8.42. The molecule has 0 saturated carbocycles. The van der Waals surface area contributed by atoms with Gasteiger partial charge in [0, 0.05) is 37.3 Å². The summed E-state index contributed by atoms with van der Waals surface area (Å²) in [6.45, 7) is 3.79. The summed E-state index contributed by atoms with van der Waals surface area (Å²) in [5.41, 5.74) is 0. The Hall–Kier alpha value is -1.60. The van der Waals surface area contributed by atoms with Crippen molar-refractivity contribution in [2.24, 2.45) is 0 Å². The van der Waals surface area contributed by atoms with Crippen molar-refractivity contribution in [3.05, 3.63) is 44.8 Å². The van der Waals surface area contributed by atoms with E-state index in [4.69, 9.17) is 4.42 Å². The molecule has 0 aliphatic rings. The van der Waals surface area contributed by atoms with Gasteiger partial charge in [-0.05, 0) is 24.9 Å². The lowest BCUT2D eigenvalue weighted by Gasteiger charge is -1.93. The fourth-order valence-electron chi connectivity index (χ4n) is 2.00. The second-order valence-electron chi connectivity index (χ2n) is 4.80. The maximum Gasteiger partial charge on any atom is 0.191 e. The third-order valence-electron chi connectivity index (χ3n) is 3.01. The molecule has 0 N–H and O–H groups in total.